The Bertz CT molecular complexity index is 1490. The van der Waals surface area contributed by atoms with E-state index in [9.17, 15) is 9.59 Å². The number of carbonyl (C=O) groups is 2. The van der Waals surface area contributed by atoms with Crippen LogP contribution in [0.5, 0.6) is 5.75 Å². The molecular formula is C28H28Cl2N4O3. The zero-order valence-electron chi connectivity index (χ0n) is 20.7. The summed E-state index contributed by atoms with van der Waals surface area (Å²) in [6, 6.07) is 19.7. The maximum Gasteiger partial charge on any atom is 0.260 e. The van der Waals surface area contributed by atoms with Gasteiger partial charge in [-0.05, 0) is 67.4 Å². The maximum absolute atomic E-state index is 12.9. The quantitative estimate of drug-likeness (QED) is 0.276. The van der Waals surface area contributed by atoms with Crippen molar-refractivity contribution in [3.05, 3.63) is 93.5 Å². The van der Waals surface area contributed by atoms with Crippen LogP contribution in [-0.2, 0) is 17.9 Å². The van der Waals surface area contributed by atoms with Gasteiger partial charge >= 0.3 is 0 Å². The average Bonchev–Trinajstić information content (AvgIpc) is 3.14. The summed E-state index contributed by atoms with van der Waals surface area (Å²) in [4.78, 5) is 27.1. The maximum atomic E-state index is 12.9. The van der Waals surface area contributed by atoms with Gasteiger partial charge in [0, 0.05) is 30.7 Å². The number of nitrogens with zero attached hydrogens (tertiary/aromatic N) is 3. The smallest absolute Gasteiger partial charge is 0.260 e. The van der Waals surface area contributed by atoms with E-state index in [0.29, 0.717) is 51.9 Å². The number of carbonyl (C=O) groups excluding carboxylic acids is 2. The molecule has 3 aromatic carbocycles. The van der Waals surface area contributed by atoms with Crippen molar-refractivity contribution in [2.75, 3.05) is 20.2 Å². The van der Waals surface area contributed by atoms with E-state index >= 15 is 0 Å². The molecule has 7 nitrogen and oxygen atoms in total. The number of para-hydroxylation sites is 1. The van der Waals surface area contributed by atoms with E-state index in [2.05, 4.69) is 0 Å². The minimum atomic E-state index is -0.133. The van der Waals surface area contributed by atoms with E-state index in [1.54, 1.807) is 57.5 Å². The first-order chi connectivity index (χ1) is 17.7. The fourth-order valence-electron chi connectivity index (χ4n) is 4.15. The number of halogens is 2. The van der Waals surface area contributed by atoms with Gasteiger partial charge in [0.25, 0.3) is 5.91 Å². The van der Waals surface area contributed by atoms with Gasteiger partial charge < -0.3 is 18.8 Å². The zero-order valence-corrected chi connectivity index (χ0v) is 22.2. The Morgan fingerprint density at radius 3 is 2.46 bits per heavy atom. The number of fused-ring (bicyclic) bond motifs is 1. The van der Waals surface area contributed by atoms with E-state index in [4.69, 9.17) is 33.3 Å². The number of rotatable bonds is 10. The standard InChI is InChI=1S/C28H28Cl2N4O3/c1-19-6-3-7-22(16-19)37-18-26(36)32(2)14-5-15-33-27-23(30)8-4-9-24(27)34(28(33)31)17-25(35)20-10-12-21(29)13-11-20/h3-4,6-13,16,31H,5,14-15,17-18H2,1-2H3. The van der Waals surface area contributed by atoms with Crippen LogP contribution in [0.25, 0.3) is 11.0 Å². The highest BCUT2D eigenvalue weighted by molar-refractivity contribution is 6.35. The van der Waals surface area contributed by atoms with Gasteiger partial charge in [-0.25, -0.2) is 0 Å². The number of likely N-dealkylation sites (N-methyl/N-ethyl adjacent to an activating group) is 1. The van der Waals surface area contributed by atoms with Crippen LogP contribution in [0.2, 0.25) is 10.0 Å². The van der Waals surface area contributed by atoms with Crippen molar-refractivity contribution in [2.45, 2.75) is 26.4 Å². The molecule has 4 aromatic rings. The van der Waals surface area contributed by atoms with Crippen molar-refractivity contribution in [1.29, 1.82) is 5.41 Å². The topological polar surface area (TPSA) is 80.3 Å². The van der Waals surface area contributed by atoms with Crippen LogP contribution in [0.1, 0.15) is 22.3 Å². The number of aromatic nitrogens is 2. The first-order valence-electron chi connectivity index (χ1n) is 11.9. The molecule has 1 aromatic heterocycles. The first-order valence-corrected chi connectivity index (χ1v) is 12.6. The highest BCUT2D eigenvalue weighted by Crippen LogP contribution is 2.23. The van der Waals surface area contributed by atoms with Gasteiger partial charge in [0.1, 0.15) is 5.75 Å². The van der Waals surface area contributed by atoms with Gasteiger partial charge in [-0.2, -0.15) is 0 Å². The molecule has 0 saturated heterocycles. The number of imidazole rings is 1. The number of Topliss-reactive ketones (excluding diaryl/α,β-unsaturated/α-hetero) is 1. The Hall–Kier alpha value is -3.55. The summed E-state index contributed by atoms with van der Waals surface area (Å²) in [6.45, 7) is 2.85. The van der Waals surface area contributed by atoms with Gasteiger partial charge in [0.05, 0.1) is 22.6 Å². The number of amides is 1. The Morgan fingerprint density at radius 2 is 1.73 bits per heavy atom. The molecule has 0 saturated carbocycles. The van der Waals surface area contributed by atoms with Crippen molar-refractivity contribution in [1.82, 2.24) is 14.0 Å². The second kappa shape index (κ2) is 11.7. The predicted molar refractivity (Wildman–Crippen MR) is 146 cm³/mol. The molecule has 1 N–H and O–H groups in total. The Kier molecular flexibility index (Phi) is 8.36. The Balaban J connectivity index is 1.44. The number of hydrogen-bond acceptors (Lipinski definition) is 4. The molecule has 0 aliphatic carbocycles. The molecule has 0 bridgehead atoms. The first kappa shape index (κ1) is 26.5. The lowest BCUT2D eigenvalue weighted by molar-refractivity contribution is -0.132. The van der Waals surface area contributed by atoms with Crippen LogP contribution in [-0.4, -0.2) is 45.9 Å². The third kappa shape index (κ3) is 6.24. The molecule has 1 heterocycles. The Labute approximate surface area is 225 Å². The molecule has 9 heteroatoms. The average molecular weight is 539 g/mol. The van der Waals surface area contributed by atoms with Crippen LogP contribution in [0.4, 0.5) is 0 Å². The number of benzene rings is 3. The van der Waals surface area contributed by atoms with Crippen molar-refractivity contribution < 1.29 is 14.3 Å². The number of ether oxygens (including phenoxy) is 1. The number of ketones is 1. The van der Waals surface area contributed by atoms with Crippen LogP contribution in [0.3, 0.4) is 0 Å². The normalized spacial score (nSPS) is 11.0. The number of nitrogens with one attached hydrogen (secondary N) is 1. The third-order valence-corrected chi connectivity index (χ3v) is 6.72. The van der Waals surface area contributed by atoms with Crippen molar-refractivity contribution in [3.63, 3.8) is 0 Å². The molecule has 0 unspecified atom stereocenters. The van der Waals surface area contributed by atoms with Crippen molar-refractivity contribution >= 4 is 45.9 Å². The molecular weight excluding hydrogens is 511 g/mol. The summed E-state index contributed by atoms with van der Waals surface area (Å²) in [5.74, 6) is 0.395. The second-order valence-corrected chi connectivity index (χ2v) is 9.72. The van der Waals surface area contributed by atoms with E-state index in [1.165, 1.54) is 0 Å². The van der Waals surface area contributed by atoms with Crippen LogP contribution in [0.15, 0.2) is 66.7 Å². The zero-order chi connectivity index (χ0) is 26.5. The summed E-state index contributed by atoms with van der Waals surface area (Å²) in [5.41, 5.74) is 3.15. The van der Waals surface area contributed by atoms with Gasteiger partial charge in [-0.1, -0.05) is 41.4 Å². The summed E-state index contributed by atoms with van der Waals surface area (Å²) in [7, 11) is 1.73. The SMILES string of the molecule is Cc1cccc(OCC(=O)N(C)CCCn2c(=N)n(CC(=O)c3ccc(Cl)cc3)c3cccc(Cl)c32)c1. The molecule has 0 aliphatic rings. The molecule has 4 rings (SSSR count). The molecule has 0 atom stereocenters. The minimum Gasteiger partial charge on any atom is -0.484 e. The molecule has 37 heavy (non-hydrogen) atoms. The van der Waals surface area contributed by atoms with E-state index in [-0.39, 0.29) is 30.5 Å². The highest BCUT2D eigenvalue weighted by Gasteiger charge is 2.17. The minimum absolute atomic E-state index is 0.000996. The number of aryl methyl sites for hydroxylation is 2. The summed E-state index contributed by atoms with van der Waals surface area (Å²) >= 11 is 12.5. The molecule has 0 radical (unpaired) electrons. The number of hydrogen-bond donors (Lipinski definition) is 1. The Morgan fingerprint density at radius 1 is 1.00 bits per heavy atom. The largest absolute Gasteiger partial charge is 0.484 e. The van der Waals surface area contributed by atoms with E-state index in [0.717, 1.165) is 5.56 Å². The molecule has 0 spiro atoms. The lowest BCUT2D eigenvalue weighted by Gasteiger charge is -2.18. The monoisotopic (exact) mass is 538 g/mol. The second-order valence-electron chi connectivity index (χ2n) is 8.87. The summed E-state index contributed by atoms with van der Waals surface area (Å²) in [5, 5.41) is 9.86. The fraction of sp³-hybridized carbons (Fsp3) is 0.250. The molecule has 1 amide bonds. The van der Waals surface area contributed by atoms with Crippen molar-refractivity contribution in [2.24, 2.45) is 0 Å². The summed E-state index contributed by atoms with van der Waals surface area (Å²) < 4.78 is 9.07. The van der Waals surface area contributed by atoms with Gasteiger partial charge in [-0.3, -0.25) is 15.0 Å². The highest BCUT2D eigenvalue weighted by atomic mass is 35.5. The lowest BCUT2D eigenvalue weighted by atomic mass is 10.1. The third-order valence-electron chi connectivity index (χ3n) is 6.16. The van der Waals surface area contributed by atoms with Gasteiger partial charge in [0.2, 0.25) is 5.62 Å². The van der Waals surface area contributed by atoms with Gasteiger partial charge in [0.15, 0.2) is 12.4 Å². The van der Waals surface area contributed by atoms with Crippen LogP contribution in [0, 0.1) is 12.3 Å². The van der Waals surface area contributed by atoms with Crippen molar-refractivity contribution in [3.8, 4) is 5.75 Å². The molecule has 192 valence electrons. The lowest BCUT2D eigenvalue weighted by Crippen LogP contribution is -2.33. The molecule has 0 fully saturated rings. The van der Waals surface area contributed by atoms with Crippen LogP contribution < -0.4 is 10.4 Å². The predicted octanol–water partition coefficient (Wildman–Crippen LogP) is 5.35. The van der Waals surface area contributed by atoms with Crippen LogP contribution >= 0.6 is 23.2 Å². The molecule has 0 aliphatic heterocycles. The summed E-state index contributed by atoms with van der Waals surface area (Å²) in [6.07, 6.45) is 0.596. The van der Waals surface area contributed by atoms with E-state index in [1.807, 2.05) is 37.3 Å². The van der Waals surface area contributed by atoms with E-state index < -0.39 is 0 Å². The fourth-order valence-corrected chi connectivity index (χ4v) is 4.55. The van der Waals surface area contributed by atoms with Gasteiger partial charge in [-0.15, -0.1) is 0 Å².